The molecule has 4 nitrogen and oxygen atoms in total. The summed E-state index contributed by atoms with van der Waals surface area (Å²) in [6.45, 7) is 0. The predicted molar refractivity (Wildman–Crippen MR) is 80.5 cm³/mol. The van der Waals surface area contributed by atoms with E-state index in [1.165, 1.54) is 37.7 Å². The van der Waals surface area contributed by atoms with Crippen molar-refractivity contribution in [2.45, 2.75) is 38.0 Å². The zero-order valence-corrected chi connectivity index (χ0v) is 11.4. The fraction of sp³-hybridized carbons (Fsp3) is 0.375. The van der Waals surface area contributed by atoms with E-state index in [9.17, 15) is 4.79 Å². The van der Waals surface area contributed by atoms with Gasteiger partial charge in [-0.05, 0) is 29.9 Å². The number of hydrogen-bond donors (Lipinski definition) is 2. The van der Waals surface area contributed by atoms with Crippen molar-refractivity contribution >= 4 is 5.82 Å². The second-order valence-electron chi connectivity index (χ2n) is 5.48. The molecule has 0 spiro atoms. The van der Waals surface area contributed by atoms with Crippen LogP contribution in [0.1, 0.15) is 43.6 Å². The van der Waals surface area contributed by atoms with Gasteiger partial charge >= 0.3 is 5.69 Å². The Labute approximate surface area is 118 Å². The number of benzene rings is 1. The molecule has 1 aliphatic carbocycles. The molecular weight excluding hydrogens is 250 g/mol. The Morgan fingerprint density at radius 3 is 2.45 bits per heavy atom. The highest BCUT2D eigenvalue weighted by atomic mass is 16.1. The third kappa shape index (κ3) is 2.74. The summed E-state index contributed by atoms with van der Waals surface area (Å²) in [7, 11) is 0. The Bertz CT molecular complexity index is 640. The van der Waals surface area contributed by atoms with Crippen molar-refractivity contribution in [3.05, 3.63) is 46.4 Å². The molecule has 1 aromatic heterocycles. The summed E-state index contributed by atoms with van der Waals surface area (Å²) in [5.74, 6) is 0.944. The minimum Gasteiger partial charge on any atom is -0.383 e. The molecule has 2 aromatic rings. The molecule has 1 fully saturated rings. The smallest absolute Gasteiger partial charge is 0.347 e. The molecule has 0 amide bonds. The molecule has 3 rings (SSSR count). The molecule has 0 atom stereocenters. The van der Waals surface area contributed by atoms with Gasteiger partial charge in [0, 0.05) is 6.07 Å². The monoisotopic (exact) mass is 269 g/mol. The molecule has 1 aromatic carbocycles. The molecule has 0 bridgehead atoms. The van der Waals surface area contributed by atoms with E-state index in [1.807, 2.05) is 0 Å². The second kappa shape index (κ2) is 5.49. The van der Waals surface area contributed by atoms with E-state index in [4.69, 9.17) is 5.73 Å². The third-order valence-corrected chi connectivity index (χ3v) is 4.06. The molecular formula is C16H19N3O. The number of H-pyrrole nitrogens is 1. The highest BCUT2D eigenvalue weighted by Crippen LogP contribution is 2.33. The van der Waals surface area contributed by atoms with Crippen molar-refractivity contribution in [1.29, 1.82) is 0 Å². The van der Waals surface area contributed by atoms with E-state index in [1.54, 1.807) is 6.07 Å². The fourth-order valence-corrected chi connectivity index (χ4v) is 3.00. The standard InChI is InChI=1S/C16H19N3O/c17-15-10-14(18-16(20)19-15)13-8-6-12(7-9-13)11-4-2-1-3-5-11/h6-11H,1-5H2,(H3,17,18,19,20). The number of nitrogens with two attached hydrogens (primary N) is 1. The number of nitrogens with zero attached hydrogens (tertiary/aromatic N) is 1. The van der Waals surface area contributed by atoms with Gasteiger partial charge < -0.3 is 10.7 Å². The SMILES string of the molecule is Nc1cc(-c2ccc(C3CCCCC3)cc2)[nH]c(=O)n1. The Balaban J connectivity index is 1.86. The van der Waals surface area contributed by atoms with E-state index in [0.717, 1.165) is 11.3 Å². The summed E-state index contributed by atoms with van der Waals surface area (Å²) in [6, 6.07) is 10.1. The Kier molecular flexibility index (Phi) is 3.54. The molecule has 0 saturated heterocycles. The third-order valence-electron chi connectivity index (χ3n) is 4.06. The van der Waals surface area contributed by atoms with Crippen molar-refractivity contribution in [2.75, 3.05) is 5.73 Å². The zero-order valence-electron chi connectivity index (χ0n) is 11.4. The lowest BCUT2D eigenvalue weighted by molar-refractivity contribution is 0.443. The number of rotatable bonds is 2. The van der Waals surface area contributed by atoms with Crippen LogP contribution in [0.25, 0.3) is 11.3 Å². The fourth-order valence-electron chi connectivity index (χ4n) is 3.00. The summed E-state index contributed by atoms with van der Waals surface area (Å²) in [5, 5.41) is 0. The van der Waals surface area contributed by atoms with Gasteiger partial charge in [-0.15, -0.1) is 0 Å². The first kappa shape index (κ1) is 12.9. The van der Waals surface area contributed by atoms with Crippen LogP contribution in [0.15, 0.2) is 35.1 Å². The van der Waals surface area contributed by atoms with Gasteiger partial charge in [-0.2, -0.15) is 4.98 Å². The number of nitrogens with one attached hydrogen (secondary N) is 1. The molecule has 3 N–H and O–H groups in total. The van der Waals surface area contributed by atoms with Crippen molar-refractivity contribution < 1.29 is 0 Å². The maximum Gasteiger partial charge on any atom is 0.347 e. The lowest BCUT2D eigenvalue weighted by Gasteiger charge is -2.22. The van der Waals surface area contributed by atoms with Crippen molar-refractivity contribution in [1.82, 2.24) is 9.97 Å². The minimum atomic E-state index is -0.406. The van der Waals surface area contributed by atoms with E-state index in [0.29, 0.717) is 5.92 Å². The van der Waals surface area contributed by atoms with Crippen LogP contribution in [0.3, 0.4) is 0 Å². The molecule has 20 heavy (non-hydrogen) atoms. The predicted octanol–water partition coefficient (Wildman–Crippen LogP) is 3.07. The van der Waals surface area contributed by atoms with Crippen LogP contribution < -0.4 is 11.4 Å². The first-order chi connectivity index (χ1) is 9.72. The number of hydrogen-bond acceptors (Lipinski definition) is 3. The first-order valence-electron chi connectivity index (χ1n) is 7.19. The van der Waals surface area contributed by atoms with Crippen LogP contribution in [0, 0.1) is 0 Å². The number of aromatic amines is 1. The molecule has 104 valence electrons. The number of nitrogen functional groups attached to an aromatic ring is 1. The molecule has 4 heteroatoms. The Morgan fingerprint density at radius 2 is 1.80 bits per heavy atom. The van der Waals surface area contributed by atoms with Crippen LogP contribution in [-0.2, 0) is 0 Å². The molecule has 0 radical (unpaired) electrons. The Morgan fingerprint density at radius 1 is 1.10 bits per heavy atom. The van der Waals surface area contributed by atoms with Gasteiger partial charge in [0.2, 0.25) is 0 Å². The van der Waals surface area contributed by atoms with Crippen LogP contribution in [0.4, 0.5) is 5.82 Å². The summed E-state index contributed by atoms with van der Waals surface area (Å²) < 4.78 is 0. The second-order valence-corrected chi connectivity index (χ2v) is 5.48. The average molecular weight is 269 g/mol. The highest BCUT2D eigenvalue weighted by molar-refractivity contribution is 5.61. The van der Waals surface area contributed by atoms with Crippen LogP contribution in [0.5, 0.6) is 0 Å². The maximum absolute atomic E-state index is 11.4. The van der Waals surface area contributed by atoms with Gasteiger partial charge in [0.05, 0.1) is 5.69 Å². The minimum absolute atomic E-state index is 0.250. The van der Waals surface area contributed by atoms with Crippen molar-refractivity contribution in [3.8, 4) is 11.3 Å². The largest absolute Gasteiger partial charge is 0.383 e. The topological polar surface area (TPSA) is 71.8 Å². The summed E-state index contributed by atoms with van der Waals surface area (Å²) in [4.78, 5) is 17.7. The first-order valence-corrected chi connectivity index (χ1v) is 7.19. The summed E-state index contributed by atoms with van der Waals surface area (Å²) in [6.07, 6.45) is 6.62. The average Bonchev–Trinajstić information content (AvgIpc) is 2.47. The lowest BCUT2D eigenvalue weighted by Crippen LogP contribution is -2.13. The van der Waals surface area contributed by atoms with Gasteiger partial charge in [0.25, 0.3) is 0 Å². The molecule has 1 aliphatic rings. The Hall–Kier alpha value is -2.10. The normalized spacial score (nSPS) is 16.2. The summed E-state index contributed by atoms with van der Waals surface area (Å²) in [5.41, 5.74) is 8.30. The molecule has 0 aliphatic heterocycles. The van der Waals surface area contributed by atoms with Gasteiger partial charge in [-0.1, -0.05) is 43.5 Å². The van der Waals surface area contributed by atoms with E-state index < -0.39 is 5.69 Å². The van der Waals surface area contributed by atoms with E-state index >= 15 is 0 Å². The molecule has 0 unspecified atom stereocenters. The molecule has 1 saturated carbocycles. The van der Waals surface area contributed by atoms with Crippen molar-refractivity contribution in [2.24, 2.45) is 0 Å². The van der Waals surface area contributed by atoms with Crippen LogP contribution in [0.2, 0.25) is 0 Å². The van der Waals surface area contributed by atoms with E-state index in [-0.39, 0.29) is 5.82 Å². The van der Waals surface area contributed by atoms with Gasteiger partial charge in [-0.3, -0.25) is 0 Å². The van der Waals surface area contributed by atoms with Gasteiger partial charge in [0.1, 0.15) is 5.82 Å². The van der Waals surface area contributed by atoms with Gasteiger partial charge in [0.15, 0.2) is 0 Å². The van der Waals surface area contributed by atoms with Crippen LogP contribution >= 0.6 is 0 Å². The van der Waals surface area contributed by atoms with E-state index in [2.05, 4.69) is 34.2 Å². The molecule has 1 heterocycles. The van der Waals surface area contributed by atoms with Crippen LogP contribution in [-0.4, -0.2) is 9.97 Å². The highest BCUT2D eigenvalue weighted by Gasteiger charge is 2.15. The van der Waals surface area contributed by atoms with Crippen molar-refractivity contribution in [3.63, 3.8) is 0 Å². The number of anilines is 1. The summed E-state index contributed by atoms with van der Waals surface area (Å²) >= 11 is 0. The zero-order chi connectivity index (χ0) is 13.9. The lowest BCUT2D eigenvalue weighted by atomic mass is 9.84. The maximum atomic E-state index is 11.4. The quantitative estimate of drug-likeness (QED) is 0.880. The van der Waals surface area contributed by atoms with Gasteiger partial charge in [-0.25, -0.2) is 4.79 Å². The number of aromatic nitrogens is 2.